The second-order valence-electron chi connectivity index (χ2n) is 7.53. The van der Waals surface area contributed by atoms with Crippen molar-refractivity contribution in [3.8, 4) is 22.4 Å². The van der Waals surface area contributed by atoms with E-state index in [1.54, 1.807) is 28.9 Å². The number of aryl methyl sites for hydroxylation is 1. The van der Waals surface area contributed by atoms with E-state index in [0.29, 0.717) is 30.6 Å². The van der Waals surface area contributed by atoms with Crippen molar-refractivity contribution in [3.63, 3.8) is 0 Å². The van der Waals surface area contributed by atoms with Gasteiger partial charge >= 0.3 is 5.97 Å². The van der Waals surface area contributed by atoms with E-state index >= 15 is 0 Å². The third kappa shape index (κ3) is 5.71. The van der Waals surface area contributed by atoms with Crippen LogP contribution in [0, 0.1) is 0 Å². The molecule has 0 unspecified atom stereocenters. The molecule has 0 radical (unpaired) electrons. The molecule has 33 heavy (non-hydrogen) atoms. The van der Waals surface area contributed by atoms with Crippen LogP contribution < -0.4 is 5.32 Å². The normalized spacial score (nSPS) is 10.6. The first-order valence-electron chi connectivity index (χ1n) is 10.7. The molecule has 166 valence electrons. The van der Waals surface area contributed by atoms with Crippen LogP contribution in [0.2, 0.25) is 0 Å². The number of ether oxygens (including phenoxy) is 1. The summed E-state index contributed by atoms with van der Waals surface area (Å²) in [7, 11) is 1.35. The SMILES string of the molecule is COC(=O)c1ccc(-c2cn(CCCC(=O)Nc3ccc(-c4ccccc4)cc3)nn2)cc1. The summed E-state index contributed by atoms with van der Waals surface area (Å²) in [6.45, 7) is 0.577. The summed E-state index contributed by atoms with van der Waals surface area (Å²) in [5, 5.41) is 11.2. The Bertz CT molecular complexity index is 1220. The Morgan fingerprint density at radius 3 is 2.24 bits per heavy atom. The first kappa shape index (κ1) is 22.0. The lowest BCUT2D eigenvalue weighted by Crippen LogP contribution is -2.12. The molecule has 0 saturated heterocycles. The molecule has 0 spiro atoms. The van der Waals surface area contributed by atoms with Crippen LogP contribution >= 0.6 is 0 Å². The Morgan fingerprint density at radius 2 is 1.55 bits per heavy atom. The van der Waals surface area contributed by atoms with Crippen LogP contribution in [0.3, 0.4) is 0 Å². The molecule has 0 bridgehead atoms. The highest BCUT2D eigenvalue weighted by Gasteiger charge is 2.09. The lowest BCUT2D eigenvalue weighted by molar-refractivity contribution is -0.116. The number of esters is 1. The molecule has 1 N–H and O–H groups in total. The van der Waals surface area contributed by atoms with Crippen molar-refractivity contribution in [2.24, 2.45) is 0 Å². The molecule has 0 atom stereocenters. The lowest BCUT2D eigenvalue weighted by Gasteiger charge is -2.07. The zero-order chi connectivity index (χ0) is 23.0. The van der Waals surface area contributed by atoms with Crippen LogP contribution in [-0.2, 0) is 16.1 Å². The molecule has 4 rings (SSSR count). The van der Waals surface area contributed by atoms with Gasteiger partial charge in [-0.25, -0.2) is 4.79 Å². The fraction of sp³-hybridized carbons (Fsp3) is 0.154. The van der Waals surface area contributed by atoms with Gasteiger partial charge in [0.15, 0.2) is 0 Å². The molecule has 4 aromatic rings. The molecular weight excluding hydrogens is 416 g/mol. The molecule has 7 nitrogen and oxygen atoms in total. The van der Waals surface area contributed by atoms with E-state index in [4.69, 9.17) is 4.74 Å². The number of benzene rings is 3. The monoisotopic (exact) mass is 440 g/mol. The fourth-order valence-corrected chi connectivity index (χ4v) is 3.44. The predicted molar refractivity (Wildman–Crippen MR) is 127 cm³/mol. The second kappa shape index (κ2) is 10.4. The van der Waals surface area contributed by atoms with E-state index in [1.165, 1.54) is 7.11 Å². The van der Waals surface area contributed by atoms with Gasteiger partial charge < -0.3 is 10.1 Å². The topological polar surface area (TPSA) is 86.1 Å². The van der Waals surface area contributed by atoms with E-state index in [9.17, 15) is 9.59 Å². The number of rotatable bonds is 8. The van der Waals surface area contributed by atoms with Crippen LogP contribution in [0.4, 0.5) is 5.69 Å². The molecule has 0 fully saturated rings. The van der Waals surface area contributed by atoms with Crippen LogP contribution in [0.1, 0.15) is 23.2 Å². The summed E-state index contributed by atoms with van der Waals surface area (Å²) in [5.74, 6) is -0.420. The molecule has 3 aromatic carbocycles. The van der Waals surface area contributed by atoms with Crippen LogP contribution in [0.25, 0.3) is 22.4 Å². The Balaban J connectivity index is 1.25. The quantitative estimate of drug-likeness (QED) is 0.397. The van der Waals surface area contributed by atoms with E-state index < -0.39 is 0 Å². The summed E-state index contributed by atoms with van der Waals surface area (Å²) in [6, 6.07) is 24.9. The molecule has 1 aromatic heterocycles. The van der Waals surface area contributed by atoms with Crippen LogP contribution in [0.5, 0.6) is 0 Å². The van der Waals surface area contributed by atoms with Gasteiger partial charge in [-0.1, -0.05) is 59.8 Å². The van der Waals surface area contributed by atoms with Gasteiger partial charge in [-0.2, -0.15) is 0 Å². The zero-order valence-corrected chi connectivity index (χ0v) is 18.3. The van der Waals surface area contributed by atoms with Gasteiger partial charge in [0, 0.05) is 24.2 Å². The molecule has 0 aliphatic heterocycles. The minimum absolute atomic E-state index is 0.0406. The van der Waals surface area contributed by atoms with E-state index in [2.05, 4.69) is 27.8 Å². The highest BCUT2D eigenvalue weighted by atomic mass is 16.5. The van der Waals surface area contributed by atoms with Crippen molar-refractivity contribution in [1.82, 2.24) is 15.0 Å². The third-order valence-electron chi connectivity index (χ3n) is 5.21. The van der Waals surface area contributed by atoms with Crippen LogP contribution in [0.15, 0.2) is 85.1 Å². The van der Waals surface area contributed by atoms with E-state index in [1.807, 2.05) is 48.7 Å². The van der Waals surface area contributed by atoms with Crippen molar-refractivity contribution < 1.29 is 14.3 Å². The van der Waals surface area contributed by atoms with Crippen molar-refractivity contribution in [2.45, 2.75) is 19.4 Å². The number of carbonyl (C=O) groups excluding carboxylic acids is 2. The van der Waals surface area contributed by atoms with Gasteiger partial charge in [-0.15, -0.1) is 5.10 Å². The number of anilines is 1. The molecule has 1 heterocycles. The zero-order valence-electron chi connectivity index (χ0n) is 18.3. The number of nitrogens with one attached hydrogen (secondary N) is 1. The van der Waals surface area contributed by atoms with Crippen molar-refractivity contribution in [3.05, 3.63) is 90.6 Å². The van der Waals surface area contributed by atoms with E-state index in [-0.39, 0.29) is 11.9 Å². The molecule has 0 aliphatic carbocycles. The van der Waals surface area contributed by atoms with Crippen molar-refractivity contribution >= 4 is 17.6 Å². The third-order valence-corrected chi connectivity index (χ3v) is 5.21. The average molecular weight is 441 g/mol. The maximum absolute atomic E-state index is 12.3. The van der Waals surface area contributed by atoms with Gasteiger partial charge in [0.2, 0.25) is 5.91 Å². The summed E-state index contributed by atoms with van der Waals surface area (Å²) in [5.41, 5.74) is 5.06. The maximum Gasteiger partial charge on any atom is 0.337 e. The number of aromatic nitrogens is 3. The highest BCUT2D eigenvalue weighted by molar-refractivity contribution is 5.91. The van der Waals surface area contributed by atoms with Gasteiger partial charge in [-0.05, 0) is 41.8 Å². The van der Waals surface area contributed by atoms with Gasteiger partial charge in [0.05, 0.1) is 18.9 Å². The number of hydrogen-bond acceptors (Lipinski definition) is 5. The largest absolute Gasteiger partial charge is 0.465 e. The Labute approximate surface area is 192 Å². The minimum atomic E-state index is -0.379. The second-order valence-corrected chi connectivity index (χ2v) is 7.53. The molecule has 0 aliphatic rings. The summed E-state index contributed by atoms with van der Waals surface area (Å²) >= 11 is 0. The maximum atomic E-state index is 12.3. The minimum Gasteiger partial charge on any atom is -0.465 e. The predicted octanol–water partition coefficient (Wildman–Crippen LogP) is 4.82. The van der Waals surface area contributed by atoms with Crippen molar-refractivity contribution in [2.75, 3.05) is 12.4 Å². The molecular formula is C26H24N4O3. The first-order chi connectivity index (χ1) is 16.1. The fourth-order valence-electron chi connectivity index (χ4n) is 3.44. The Kier molecular flexibility index (Phi) is 6.90. The van der Waals surface area contributed by atoms with Gasteiger partial charge in [-0.3, -0.25) is 9.48 Å². The van der Waals surface area contributed by atoms with Crippen molar-refractivity contribution in [1.29, 1.82) is 0 Å². The number of methoxy groups -OCH3 is 1. The van der Waals surface area contributed by atoms with E-state index in [0.717, 1.165) is 22.4 Å². The van der Waals surface area contributed by atoms with Gasteiger partial charge in [0.1, 0.15) is 5.69 Å². The Morgan fingerprint density at radius 1 is 0.879 bits per heavy atom. The lowest BCUT2D eigenvalue weighted by atomic mass is 10.1. The highest BCUT2D eigenvalue weighted by Crippen LogP contribution is 2.21. The summed E-state index contributed by atoms with van der Waals surface area (Å²) in [6.07, 6.45) is 2.84. The molecule has 7 heteroatoms. The number of hydrogen-bond donors (Lipinski definition) is 1. The number of amides is 1. The first-order valence-corrected chi connectivity index (χ1v) is 10.7. The Hall–Kier alpha value is -4.26. The molecule has 0 saturated carbocycles. The van der Waals surface area contributed by atoms with Crippen LogP contribution in [-0.4, -0.2) is 34.0 Å². The summed E-state index contributed by atoms with van der Waals surface area (Å²) in [4.78, 5) is 23.8. The smallest absolute Gasteiger partial charge is 0.337 e. The summed E-state index contributed by atoms with van der Waals surface area (Å²) < 4.78 is 6.42. The standard InChI is InChI=1S/C26H24N4O3/c1-33-26(32)22-11-9-21(10-12-22)24-18-30(29-28-24)17-5-8-25(31)27-23-15-13-20(14-16-23)19-6-3-2-4-7-19/h2-4,6-7,9-16,18H,5,8,17H2,1H3,(H,27,31). The van der Waals surface area contributed by atoms with Gasteiger partial charge in [0.25, 0.3) is 0 Å². The number of carbonyl (C=O) groups is 2. The number of nitrogens with zero attached hydrogens (tertiary/aromatic N) is 3. The average Bonchev–Trinajstić information content (AvgIpc) is 3.33. The molecule has 1 amide bonds.